The lowest BCUT2D eigenvalue weighted by molar-refractivity contribution is -0.134. The van der Waals surface area contributed by atoms with E-state index in [9.17, 15) is 13.2 Å². The Balaban J connectivity index is 1.54. The van der Waals surface area contributed by atoms with Crippen LogP contribution in [0.1, 0.15) is 39.0 Å². The summed E-state index contributed by atoms with van der Waals surface area (Å²) in [6, 6.07) is 6.88. The third-order valence-corrected chi connectivity index (χ3v) is 8.16. The number of carbonyl (C=O) groups excluding carboxylic acids is 1. The highest BCUT2D eigenvalue weighted by molar-refractivity contribution is 7.89. The van der Waals surface area contributed by atoms with E-state index in [-0.39, 0.29) is 16.2 Å². The van der Waals surface area contributed by atoms with Gasteiger partial charge in [-0.1, -0.05) is 19.1 Å². The van der Waals surface area contributed by atoms with Crippen LogP contribution in [-0.4, -0.2) is 56.3 Å². The maximum Gasteiger partial charge on any atom is 0.246 e. The summed E-state index contributed by atoms with van der Waals surface area (Å²) >= 11 is 0. The van der Waals surface area contributed by atoms with Gasteiger partial charge in [-0.2, -0.15) is 4.31 Å². The SMILES string of the molecule is CCN1CC2(CCN(C(=O)CC3CC3)CC2)COc2ccccc2S1(=O)=O. The normalized spacial score (nSPS) is 24.6. The van der Waals surface area contributed by atoms with Crippen molar-refractivity contribution < 1.29 is 17.9 Å². The van der Waals surface area contributed by atoms with Crippen molar-refractivity contribution in [1.82, 2.24) is 9.21 Å². The van der Waals surface area contributed by atoms with Crippen molar-refractivity contribution in [2.24, 2.45) is 11.3 Å². The van der Waals surface area contributed by atoms with Crippen molar-refractivity contribution in [3.05, 3.63) is 24.3 Å². The summed E-state index contributed by atoms with van der Waals surface area (Å²) in [4.78, 5) is 14.6. The van der Waals surface area contributed by atoms with Crippen LogP contribution < -0.4 is 4.74 Å². The Kier molecular flexibility index (Phi) is 4.93. The number of carbonyl (C=O) groups is 1. The maximum atomic E-state index is 13.1. The van der Waals surface area contributed by atoms with Gasteiger partial charge in [0.05, 0.1) is 6.61 Å². The molecule has 1 amide bonds. The molecule has 4 rings (SSSR count). The van der Waals surface area contributed by atoms with E-state index in [1.165, 1.54) is 12.8 Å². The molecule has 27 heavy (non-hydrogen) atoms. The molecule has 1 aromatic carbocycles. The zero-order chi connectivity index (χ0) is 19.1. The summed E-state index contributed by atoms with van der Waals surface area (Å²) in [7, 11) is -3.58. The molecule has 1 saturated carbocycles. The summed E-state index contributed by atoms with van der Waals surface area (Å²) in [6.07, 6.45) is 4.59. The summed E-state index contributed by atoms with van der Waals surface area (Å²) in [5.41, 5.74) is -0.243. The van der Waals surface area contributed by atoms with E-state index in [4.69, 9.17) is 4.74 Å². The second-order valence-electron chi connectivity index (χ2n) is 8.19. The van der Waals surface area contributed by atoms with E-state index < -0.39 is 10.0 Å². The highest BCUT2D eigenvalue weighted by Gasteiger charge is 2.43. The van der Waals surface area contributed by atoms with Crippen LogP contribution >= 0.6 is 0 Å². The second-order valence-corrected chi connectivity index (χ2v) is 10.1. The number of nitrogens with zero attached hydrogens (tertiary/aromatic N) is 2. The number of likely N-dealkylation sites (tertiary alicyclic amines) is 1. The van der Waals surface area contributed by atoms with E-state index in [0.717, 1.165) is 12.8 Å². The van der Waals surface area contributed by atoms with Gasteiger partial charge in [0.1, 0.15) is 10.6 Å². The summed E-state index contributed by atoms with van der Waals surface area (Å²) in [5, 5.41) is 0. The Morgan fingerprint density at radius 2 is 1.93 bits per heavy atom. The summed E-state index contributed by atoms with van der Waals surface area (Å²) in [5.74, 6) is 1.28. The fourth-order valence-corrected chi connectivity index (χ4v) is 5.86. The first-order chi connectivity index (χ1) is 12.9. The second kappa shape index (κ2) is 7.09. The van der Waals surface area contributed by atoms with Gasteiger partial charge in [-0.05, 0) is 43.7 Å². The van der Waals surface area contributed by atoms with E-state index in [1.807, 2.05) is 11.8 Å². The number of para-hydroxylation sites is 1. The fourth-order valence-electron chi connectivity index (χ4n) is 4.17. The molecule has 0 atom stereocenters. The molecular formula is C20H28N2O4S. The Morgan fingerprint density at radius 1 is 1.22 bits per heavy atom. The molecule has 1 spiro atoms. The minimum Gasteiger partial charge on any atom is -0.492 e. The molecule has 2 aliphatic heterocycles. The lowest BCUT2D eigenvalue weighted by Crippen LogP contribution is -2.52. The van der Waals surface area contributed by atoms with Crippen molar-refractivity contribution in [3.63, 3.8) is 0 Å². The standard InChI is InChI=1S/C20H28N2O4S/c1-2-22-14-20(9-11-21(12-10-20)19(23)13-16-7-8-16)15-26-17-5-3-4-6-18(17)27(22,24)25/h3-6,16H,2,7-15H2,1H3. The Hall–Kier alpha value is -1.60. The molecule has 2 heterocycles. The molecule has 0 aromatic heterocycles. The molecule has 0 unspecified atom stereocenters. The lowest BCUT2D eigenvalue weighted by Gasteiger charge is -2.44. The first-order valence-corrected chi connectivity index (χ1v) is 11.4. The van der Waals surface area contributed by atoms with Gasteiger partial charge in [-0.25, -0.2) is 8.42 Å². The molecule has 1 aromatic rings. The largest absolute Gasteiger partial charge is 0.492 e. The van der Waals surface area contributed by atoms with Crippen molar-refractivity contribution in [2.75, 3.05) is 32.8 Å². The molecule has 148 valence electrons. The number of hydrogen-bond acceptors (Lipinski definition) is 4. The van der Waals surface area contributed by atoms with Crippen LogP contribution in [0.5, 0.6) is 5.75 Å². The van der Waals surface area contributed by atoms with Gasteiger partial charge in [-0.3, -0.25) is 4.79 Å². The van der Waals surface area contributed by atoms with Crippen LogP contribution in [0.15, 0.2) is 29.2 Å². The third kappa shape index (κ3) is 3.72. The van der Waals surface area contributed by atoms with Crippen LogP contribution in [0.25, 0.3) is 0 Å². The number of amides is 1. The summed E-state index contributed by atoms with van der Waals surface area (Å²) < 4.78 is 33.8. The monoisotopic (exact) mass is 392 g/mol. The highest BCUT2D eigenvalue weighted by atomic mass is 32.2. The number of rotatable bonds is 3. The van der Waals surface area contributed by atoms with Crippen LogP contribution in [0.2, 0.25) is 0 Å². The van der Waals surface area contributed by atoms with E-state index in [1.54, 1.807) is 28.6 Å². The number of piperidine rings is 1. The molecule has 1 saturated heterocycles. The Labute approximate surface area is 161 Å². The summed E-state index contributed by atoms with van der Waals surface area (Å²) in [6.45, 7) is 4.63. The highest BCUT2D eigenvalue weighted by Crippen LogP contribution is 2.40. The number of sulfonamides is 1. The molecule has 7 heteroatoms. The number of benzene rings is 1. The predicted molar refractivity (Wildman–Crippen MR) is 102 cm³/mol. The van der Waals surface area contributed by atoms with Gasteiger partial charge >= 0.3 is 0 Å². The Bertz CT molecular complexity index is 811. The fraction of sp³-hybridized carbons (Fsp3) is 0.650. The van der Waals surface area contributed by atoms with Crippen molar-refractivity contribution in [1.29, 1.82) is 0 Å². The van der Waals surface area contributed by atoms with Gasteiger partial charge < -0.3 is 9.64 Å². The van der Waals surface area contributed by atoms with Crippen LogP contribution in [-0.2, 0) is 14.8 Å². The first-order valence-electron chi connectivity index (χ1n) is 9.93. The number of fused-ring (bicyclic) bond motifs is 1. The predicted octanol–water partition coefficient (Wildman–Crippen LogP) is 2.50. The van der Waals surface area contributed by atoms with Gasteiger partial charge in [0, 0.05) is 38.0 Å². The molecular weight excluding hydrogens is 364 g/mol. The van der Waals surface area contributed by atoms with Gasteiger partial charge in [-0.15, -0.1) is 0 Å². The average Bonchev–Trinajstić information content (AvgIpc) is 3.48. The van der Waals surface area contributed by atoms with E-state index >= 15 is 0 Å². The molecule has 0 bridgehead atoms. The molecule has 2 fully saturated rings. The van der Waals surface area contributed by atoms with Crippen LogP contribution in [0.4, 0.5) is 0 Å². The minimum atomic E-state index is -3.58. The smallest absolute Gasteiger partial charge is 0.246 e. The molecule has 6 nitrogen and oxygen atoms in total. The first kappa shape index (κ1) is 18.7. The van der Waals surface area contributed by atoms with Crippen LogP contribution in [0.3, 0.4) is 0 Å². The van der Waals surface area contributed by atoms with Crippen LogP contribution in [0, 0.1) is 11.3 Å². The third-order valence-electron chi connectivity index (χ3n) is 6.20. The van der Waals surface area contributed by atoms with Crippen molar-refractivity contribution in [2.45, 2.75) is 43.9 Å². The molecule has 0 radical (unpaired) electrons. The van der Waals surface area contributed by atoms with E-state index in [2.05, 4.69) is 0 Å². The van der Waals surface area contributed by atoms with Gasteiger partial charge in [0.2, 0.25) is 15.9 Å². The van der Waals surface area contributed by atoms with E-state index in [0.29, 0.717) is 50.9 Å². The van der Waals surface area contributed by atoms with Gasteiger partial charge in [0.15, 0.2) is 0 Å². The number of hydrogen-bond donors (Lipinski definition) is 0. The van der Waals surface area contributed by atoms with Crippen molar-refractivity contribution >= 4 is 15.9 Å². The molecule has 0 N–H and O–H groups in total. The average molecular weight is 393 g/mol. The quantitative estimate of drug-likeness (QED) is 0.793. The van der Waals surface area contributed by atoms with Gasteiger partial charge in [0.25, 0.3) is 0 Å². The van der Waals surface area contributed by atoms with Crippen molar-refractivity contribution in [3.8, 4) is 5.75 Å². The zero-order valence-corrected chi connectivity index (χ0v) is 16.7. The minimum absolute atomic E-state index is 0.243. The topological polar surface area (TPSA) is 66.9 Å². The molecule has 1 aliphatic carbocycles. The molecule has 3 aliphatic rings. The Morgan fingerprint density at radius 3 is 2.59 bits per heavy atom. The maximum absolute atomic E-state index is 13.1. The number of ether oxygens (including phenoxy) is 1. The zero-order valence-electron chi connectivity index (χ0n) is 15.9. The lowest BCUT2D eigenvalue weighted by atomic mass is 9.78.